The van der Waals surface area contributed by atoms with E-state index >= 15 is 0 Å². The molecule has 2 amide bonds. The zero-order valence-electron chi connectivity index (χ0n) is 15.4. The van der Waals surface area contributed by atoms with Crippen LogP contribution >= 0.6 is 23.6 Å². The molecule has 2 aromatic rings. The number of nitrogens with one attached hydrogen (secondary N) is 3. The van der Waals surface area contributed by atoms with Crippen molar-refractivity contribution < 1.29 is 9.59 Å². The number of thiocarbonyl (C=S) groups is 1. The zero-order chi connectivity index (χ0) is 19.8. The minimum absolute atomic E-state index is 0.0793. The third-order valence-electron chi connectivity index (χ3n) is 4.50. The van der Waals surface area contributed by atoms with E-state index in [0.29, 0.717) is 11.3 Å². The van der Waals surface area contributed by atoms with E-state index in [4.69, 9.17) is 12.2 Å². The Bertz CT molecular complexity index is 856. The molecule has 1 aromatic heterocycles. The molecule has 0 spiro atoms. The smallest absolute Gasteiger partial charge is 0.251 e. The van der Waals surface area contributed by atoms with Gasteiger partial charge in [-0.1, -0.05) is 31.4 Å². The second kappa shape index (κ2) is 10.1. The molecule has 3 N–H and O–H groups in total. The molecule has 1 heterocycles. The lowest BCUT2D eigenvalue weighted by atomic mass is 9.95. The Morgan fingerprint density at radius 3 is 2.68 bits per heavy atom. The summed E-state index contributed by atoms with van der Waals surface area (Å²) in [6.07, 6.45) is 8.84. The molecule has 3 rings (SSSR count). The van der Waals surface area contributed by atoms with Gasteiger partial charge in [0.1, 0.15) is 0 Å². The fourth-order valence-corrected chi connectivity index (χ4v) is 3.95. The molecule has 28 heavy (non-hydrogen) atoms. The molecule has 0 aliphatic heterocycles. The first-order valence-electron chi connectivity index (χ1n) is 9.34. The topological polar surface area (TPSA) is 70.2 Å². The van der Waals surface area contributed by atoms with Crippen molar-refractivity contribution in [3.8, 4) is 0 Å². The first-order chi connectivity index (χ1) is 13.6. The lowest BCUT2D eigenvalue weighted by Crippen LogP contribution is -2.36. The number of hydrogen-bond donors (Lipinski definition) is 3. The number of benzene rings is 1. The van der Waals surface area contributed by atoms with E-state index in [2.05, 4.69) is 16.0 Å². The molecule has 0 unspecified atom stereocenters. The number of anilines is 1. The van der Waals surface area contributed by atoms with Crippen LogP contribution < -0.4 is 16.0 Å². The third-order valence-corrected chi connectivity index (χ3v) is 5.54. The van der Waals surface area contributed by atoms with Gasteiger partial charge in [0.25, 0.3) is 5.91 Å². The second-order valence-corrected chi connectivity index (χ2v) is 8.07. The highest BCUT2D eigenvalue weighted by atomic mass is 32.1. The predicted molar refractivity (Wildman–Crippen MR) is 118 cm³/mol. The number of amides is 2. The van der Waals surface area contributed by atoms with Crippen molar-refractivity contribution in [2.24, 2.45) is 0 Å². The van der Waals surface area contributed by atoms with Gasteiger partial charge in [0.15, 0.2) is 5.11 Å². The van der Waals surface area contributed by atoms with E-state index in [1.54, 1.807) is 41.7 Å². The fraction of sp³-hybridized carbons (Fsp3) is 0.286. The van der Waals surface area contributed by atoms with Gasteiger partial charge in [-0.3, -0.25) is 14.9 Å². The summed E-state index contributed by atoms with van der Waals surface area (Å²) in [7, 11) is 0. The lowest BCUT2D eigenvalue weighted by Gasteiger charge is -2.22. The number of carbonyl (C=O) groups is 2. The van der Waals surface area contributed by atoms with Gasteiger partial charge in [0.2, 0.25) is 5.91 Å². The van der Waals surface area contributed by atoms with Crippen LogP contribution in [0.2, 0.25) is 0 Å². The Morgan fingerprint density at radius 1 is 1.11 bits per heavy atom. The van der Waals surface area contributed by atoms with Crippen LogP contribution in [0.1, 0.15) is 47.3 Å². The normalized spacial score (nSPS) is 14.6. The summed E-state index contributed by atoms with van der Waals surface area (Å²) in [4.78, 5) is 25.4. The van der Waals surface area contributed by atoms with Crippen LogP contribution in [0.15, 0.2) is 47.9 Å². The highest BCUT2D eigenvalue weighted by molar-refractivity contribution is 7.80. The lowest BCUT2D eigenvalue weighted by molar-refractivity contribution is -0.115. The van der Waals surface area contributed by atoms with Crippen molar-refractivity contribution in [1.82, 2.24) is 10.6 Å². The molecule has 146 valence electrons. The molecule has 0 saturated heterocycles. The van der Waals surface area contributed by atoms with Crippen molar-refractivity contribution in [3.63, 3.8) is 0 Å². The molecule has 0 radical (unpaired) electrons. The van der Waals surface area contributed by atoms with Crippen LogP contribution in [0, 0.1) is 0 Å². The monoisotopic (exact) mass is 413 g/mol. The van der Waals surface area contributed by atoms with Crippen molar-refractivity contribution in [3.05, 3.63) is 58.3 Å². The van der Waals surface area contributed by atoms with Gasteiger partial charge in [0.05, 0.1) is 0 Å². The van der Waals surface area contributed by atoms with Crippen LogP contribution in [0.4, 0.5) is 5.69 Å². The summed E-state index contributed by atoms with van der Waals surface area (Å²) in [6.45, 7) is 0. The van der Waals surface area contributed by atoms with Crippen LogP contribution in [0.5, 0.6) is 0 Å². The fourth-order valence-electron chi connectivity index (χ4n) is 3.11. The van der Waals surface area contributed by atoms with Gasteiger partial charge in [-0.25, -0.2) is 0 Å². The van der Waals surface area contributed by atoms with Gasteiger partial charge in [-0.2, -0.15) is 0 Å². The van der Waals surface area contributed by atoms with Gasteiger partial charge in [-0.15, -0.1) is 11.3 Å². The molecule has 1 fully saturated rings. The number of hydrogen-bond acceptors (Lipinski definition) is 4. The van der Waals surface area contributed by atoms with E-state index in [9.17, 15) is 9.59 Å². The average Bonchev–Trinajstić information content (AvgIpc) is 3.21. The first-order valence-corrected chi connectivity index (χ1v) is 10.6. The Balaban J connectivity index is 1.52. The summed E-state index contributed by atoms with van der Waals surface area (Å²) >= 11 is 6.74. The molecule has 1 aliphatic carbocycles. The molecule has 7 heteroatoms. The Hall–Kier alpha value is -2.51. The van der Waals surface area contributed by atoms with Gasteiger partial charge < -0.3 is 10.6 Å². The van der Waals surface area contributed by atoms with E-state index in [1.165, 1.54) is 25.3 Å². The molecule has 1 saturated carbocycles. The van der Waals surface area contributed by atoms with Gasteiger partial charge in [-0.05, 0) is 60.8 Å². The van der Waals surface area contributed by atoms with Crippen LogP contribution in [0.3, 0.4) is 0 Å². The van der Waals surface area contributed by atoms with E-state index < -0.39 is 0 Å². The zero-order valence-corrected chi connectivity index (χ0v) is 17.1. The molecule has 1 aliphatic rings. The van der Waals surface area contributed by atoms with Gasteiger partial charge in [0, 0.05) is 28.2 Å². The predicted octanol–water partition coefficient (Wildman–Crippen LogP) is 4.34. The van der Waals surface area contributed by atoms with E-state index in [1.807, 2.05) is 17.5 Å². The third kappa shape index (κ3) is 6.28. The Kier molecular flexibility index (Phi) is 7.33. The quantitative estimate of drug-likeness (QED) is 0.504. The van der Waals surface area contributed by atoms with Crippen molar-refractivity contribution in [2.75, 3.05) is 5.32 Å². The first kappa shape index (κ1) is 20.2. The molecular formula is C21H23N3O2S2. The second-order valence-electron chi connectivity index (χ2n) is 6.68. The number of thiophene rings is 1. The minimum atomic E-state index is -0.308. The summed E-state index contributed by atoms with van der Waals surface area (Å²) in [5.74, 6) is -0.388. The summed E-state index contributed by atoms with van der Waals surface area (Å²) < 4.78 is 0. The summed E-state index contributed by atoms with van der Waals surface area (Å²) in [5.41, 5.74) is 1.23. The van der Waals surface area contributed by atoms with Crippen molar-refractivity contribution >= 4 is 52.2 Å². The van der Waals surface area contributed by atoms with Crippen molar-refractivity contribution in [1.29, 1.82) is 0 Å². The molecule has 0 atom stereocenters. The van der Waals surface area contributed by atoms with Gasteiger partial charge >= 0.3 is 0 Å². The Morgan fingerprint density at radius 2 is 1.93 bits per heavy atom. The number of rotatable bonds is 5. The van der Waals surface area contributed by atoms with Crippen LogP contribution in [-0.4, -0.2) is 23.0 Å². The molecule has 1 aromatic carbocycles. The van der Waals surface area contributed by atoms with Crippen molar-refractivity contribution in [2.45, 2.75) is 38.1 Å². The highest BCUT2D eigenvalue weighted by Crippen LogP contribution is 2.18. The standard InChI is InChI=1S/C21H23N3O2S2/c25-19(12-11-18-10-5-13-28-18)24-21(27)23-17-9-4-6-15(14-17)20(26)22-16-7-2-1-3-8-16/h4-6,9-14,16H,1-3,7-8H2,(H,22,26)(H2,23,24,25,27)/b12-11+. The number of carbonyl (C=O) groups excluding carboxylic acids is 2. The average molecular weight is 414 g/mol. The maximum Gasteiger partial charge on any atom is 0.251 e. The SMILES string of the molecule is O=C(/C=C/c1cccs1)NC(=S)Nc1cccc(C(=O)NC2CCCCC2)c1. The largest absolute Gasteiger partial charge is 0.349 e. The minimum Gasteiger partial charge on any atom is -0.349 e. The van der Waals surface area contributed by atoms with Crippen LogP contribution in [0.25, 0.3) is 6.08 Å². The maximum absolute atomic E-state index is 12.5. The highest BCUT2D eigenvalue weighted by Gasteiger charge is 2.16. The molecular weight excluding hydrogens is 390 g/mol. The summed E-state index contributed by atoms with van der Waals surface area (Å²) in [6, 6.07) is 11.2. The van der Waals surface area contributed by atoms with E-state index in [0.717, 1.165) is 17.7 Å². The molecule has 0 bridgehead atoms. The Labute approximate surface area is 174 Å². The van der Waals surface area contributed by atoms with E-state index in [-0.39, 0.29) is 23.0 Å². The summed E-state index contributed by atoms with van der Waals surface area (Å²) in [5, 5.41) is 10.8. The van der Waals surface area contributed by atoms with Crippen LogP contribution in [-0.2, 0) is 4.79 Å². The molecule has 5 nitrogen and oxygen atoms in total. The maximum atomic E-state index is 12.5.